The van der Waals surface area contributed by atoms with Crippen molar-refractivity contribution in [2.75, 3.05) is 0 Å². The molecule has 1 unspecified atom stereocenters. The lowest BCUT2D eigenvalue weighted by molar-refractivity contribution is 1.10. The van der Waals surface area contributed by atoms with Gasteiger partial charge in [-0.1, -0.05) is 84.9 Å². The third kappa shape index (κ3) is 4.15. The van der Waals surface area contributed by atoms with Gasteiger partial charge in [0.25, 0.3) is 0 Å². The van der Waals surface area contributed by atoms with E-state index < -0.39 is 7.92 Å². The lowest BCUT2D eigenvalue weighted by atomic mass is 10.2. The summed E-state index contributed by atoms with van der Waals surface area (Å²) in [6.07, 6.45) is 0. The molecule has 3 rings (SSSR count). The van der Waals surface area contributed by atoms with Crippen LogP contribution in [0.15, 0.2) is 84.9 Å². The number of halogens is 2. The molecule has 0 bridgehead atoms. The van der Waals surface area contributed by atoms with Crippen LogP contribution in [0.2, 0.25) is 0 Å². The summed E-state index contributed by atoms with van der Waals surface area (Å²) in [5, 5.41) is 4.06. The first-order valence-corrected chi connectivity index (χ1v) is 9.18. The molecule has 0 saturated heterocycles. The average molecular weight is 361 g/mol. The van der Waals surface area contributed by atoms with Gasteiger partial charge in [0, 0.05) is 0 Å². The number of hydrogen-bond acceptors (Lipinski definition) is 0. The predicted molar refractivity (Wildman–Crippen MR) is 107 cm³/mol. The highest BCUT2D eigenvalue weighted by Crippen LogP contribution is 2.36. The standard InChI is InChI=1S/C20H18ClP.ClH/c1-16(21)19-14-8-9-15-20(19)22(17-10-4-2-5-11-17)18-12-6-3-7-13-18;/h2-16H,1H3;1H. The third-order valence-electron chi connectivity index (χ3n) is 3.63. The van der Waals surface area contributed by atoms with Crippen LogP contribution >= 0.6 is 31.9 Å². The Labute approximate surface area is 150 Å². The van der Waals surface area contributed by atoms with E-state index in [-0.39, 0.29) is 17.8 Å². The van der Waals surface area contributed by atoms with Gasteiger partial charge < -0.3 is 0 Å². The molecule has 3 aromatic rings. The lowest BCUT2D eigenvalue weighted by Crippen LogP contribution is -2.23. The van der Waals surface area contributed by atoms with Gasteiger partial charge in [-0.05, 0) is 36.3 Å². The minimum absolute atomic E-state index is 0. The van der Waals surface area contributed by atoms with Crippen molar-refractivity contribution in [2.45, 2.75) is 12.3 Å². The van der Waals surface area contributed by atoms with Gasteiger partial charge in [-0.25, -0.2) is 0 Å². The van der Waals surface area contributed by atoms with Crippen molar-refractivity contribution < 1.29 is 0 Å². The van der Waals surface area contributed by atoms with E-state index in [0.717, 1.165) is 0 Å². The second-order valence-electron chi connectivity index (χ2n) is 5.18. The van der Waals surface area contributed by atoms with Gasteiger partial charge in [-0.2, -0.15) is 0 Å². The highest BCUT2D eigenvalue weighted by Gasteiger charge is 2.20. The van der Waals surface area contributed by atoms with Crippen molar-refractivity contribution in [2.24, 2.45) is 0 Å². The third-order valence-corrected chi connectivity index (χ3v) is 6.39. The van der Waals surface area contributed by atoms with Crippen molar-refractivity contribution in [3.8, 4) is 0 Å². The van der Waals surface area contributed by atoms with Gasteiger partial charge in [-0.15, -0.1) is 24.0 Å². The molecule has 0 amide bonds. The molecule has 0 radical (unpaired) electrons. The fraction of sp³-hybridized carbons (Fsp3) is 0.100. The maximum absolute atomic E-state index is 6.44. The molecule has 0 fully saturated rings. The summed E-state index contributed by atoms with van der Waals surface area (Å²) in [6.45, 7) is 2.05. The molecule has 0 aliphatic carbocycles. The molecule has 0 saturated carbocycles. The summed E-state index contributed by atoms with van der Waals surface area (Å²) in [5.41, 5.74) is 1.22. The van der Waals surface area contributed by atoms with Crippen molar-refractivity contribution in [3.63, 3.8) is 0 Å². The fourth-order valence-corrected chi connectivity index (χ4v) is 5.43. The summed E-state index contributed by atoms with van der Waals surface area (Å²) in [7, 11) is -0.584. The van der Waals surface area contributed by atoms with E-state index in [0.29, 0.717) is 0 Å². The first kappa shape index (κ1) is 18.0. The highest BCUT2D eigenvalue weighted by atomic mass is 35.5. The van der Waals surface area contributed by atoms with Crippen LogP contribution in [-0.2, 0) is 0 Å². The van der Waals surface area contributed by atoms with Gasteiger partial charge in [0.1, 0.15) is 0 Å². The van der Waals surface area contributed by atoms with Crippen molar-refractivity contribution >= 4 is 47.8 Å². The zero-order valence-corrected chi connectivity index (χ0v) is 15.4. The Bertz CT molecular complexity index is 687. The Morgan fingerprint density at radius 3 is 1.61 bits per heavy atom. The van der Waals surface area contributed by atoms with Crippen LogP contribution in [0.25, 0.3) is 0 Å². The van der Waals surface area contributed by atoms with Crippen LogP contribution in [0, 0.1) is 0 Å². The molecule has 0 heterocycles. The Morgan fingerprint density at radius 2 is 1.13 bits per heavy atom. The quantitative estimate of drug-likeness (QED) is 0.444. The molecular weight excluding hydrogens is 342 g/mol. The van der Waals surface area contributed by atoms with E-state index >= 15 is 0 Å². The molecule has 3 aromatic carbocycles. The second-order valence-corrected chi connectivity index (χ2v) is 8.02. The topological polar surface area (TPSA) is 0 Å². The Kier molecular flexibility index (Phi) is 6.66. The van der Waals surface area contributed by atoms with Crippen LogP contribution in [-0.4, -0.2) is 0 Å². The van der Waals surface area contributed by atoms with Crippen molar-refractivity contribution in [1.82, 2.24) is 0 Å². The first-order valence-electron chi connectivity index (χ1n) is 7.40. The summed E-state index contributed by atoms with van der Waals surface area (Å²) in [5.74, 6) is 0. The molecule has 0 aromatic heterocycles. The summed E-state index contributed by atoms with van der Waals surface area (Å²) >= 11 is 6.44. The van der Waals surface area contributed by atoms with Crippen LogP contribution in [0.5, 0.6) is 0 Å². The molecule has 0 N–H and O–H groups in total. The summed E-state index contributed by atoms with van der Waals surface area (Å²) < 4.78 is 0. The molecule has 23 heavy (non-hydrogen) atoms. The molecule has 0 nitrogen and oxygen atoms in total. The summed E-state index contributed by atoms with van der Waals surface area (Å²) in [6, 6.07) is 30.0. The van der Waals surface area contributed by atoms with Crippen LogP contribution in [0.3, 0.4) is 0 Å². The number of alkyl halides is 1. The maximum Gasteiger partial charge on any atom is 0.0563 e. The SMILES string of the molecule is CC(Cl)c1ccccc1P(c1ccccc1)c1ccccc1.Cl. The smallest absolute Gasteiger partial charge is 0.0563 e. The molecule has 118 valence electrons. The van der Waals surface area contributed by atoms with E-state index in [2.05, 4.69) is 84.9 Å². The van der Waals surface area contributed by atoms with E-state index in [1.54, 1.807) is 0 Å². The van der Waals surface area contributed by atoms with E-state index in [4.69, 9.17) is 11.6 Å². The first-order chi connectivity index (χ1) is 10.8. The average Bonchev–Trinajstić information content (AvgIpc) is 2.57. The molecule has 3 heteroatoms. The van der Waals surface area contributed by atoms with Crippen molar-refractivity contribution in [3.05, 3.63) is 90.5 Å². The number of rotatable bonds is 4. The zero-order chi connectivity index (χ0) is 15.4. The fourth-order valence-electron chi connectivity index (χ4n) is 2.61. The monoisotopic (exact) mass is 360 g/mol. The molecule has 0 spiro atoms. The molecule has 0 aliphatic heterocycles. The molecule has 1 atom stereocenters. The van der Waals surface area contributed by atoms with Gasteiger partial charge in [0.2, 0.25) is 0 Å². The molecular formula is C20H19Cl2P. The lowest BCUT2D eigenvalue weighted by Gasteiger charge is -2.23. The molecule has 0 aliphatic rings. The largest absolute Gasteiger partial charge is 0.147 e. The number of hydrogen-bond donors (Lipinski definition) is 0. The minimum atomic E-state index is -0.584. The van der Waals surface area contributed by atoms with Gasteiger partial charge in [0.15, 0.2) is 0 Å². The van der Waals surface area contributed by atoms with E-state index in [1.807, 2.05) is 6.92 Å². The van der Waals surface area contributed by atoms with Crippen LogP contribution in [0.1, 0.15) is 17.9 Å². The van der Waals surface area contributed by atoms with Crippen LogP contribution in [0.4, 0.5) is 0 Å². The highest BCUT2D eigenvalue weighted by molar-refractivity contribution is 7.79. The van der Waals surface area contributed by atoms with Gasteiger partial charge in [0.05, 0.1) is 5.38 Å². The van der Waals surface area contributed by atoms with Gasteiger partial charge >= 0.3 is 0 Å². The second kappa shape index (κ2) is 8.50. The van der Waals surface area contributed by atoms with E-state index in [1.165, 1.54) is 21.5 Å². The van der Waals surface area contributed by atoms with Crippen molar-refractivity contribution in [1.29, 1.82) is 0 Å². The Morgan fingerprint density at radius 1 is 0.696 bits per heavy atom. The zero-order valence-electron chi connectivity index (χ0n) is 12.9. The Hall–Kier alpha value is -1.33. The number of benzene rings is 3. The normalized spacial score (nSPS) is 11.8. The predicted octanol–water partition coefficient (Wildman–Crippen LogP) is 5.17. The maximum atomic E-state index is 6.44. The van der Waals surface area contributed by atoms with Gasteiger partial charge in [-0.3, -0.25) is 0 Å². The Balaban J connectivity index is 0.00000192. The summed E-state index contributed by atoms with van der Waals surface area (Å²) in [4.78, 5) is 0. The minimum Gasteiger partial charge on any atom is -0.147 e. The van der Waals surface area contributed by atoms with Crippen LogP contribution < -0.4 is 15.9 Å². The van der Waals surface area contributed by atoms with E-state index in [9.17, 15) is 0 Å².